The van der Waals surface area contributed by atoms with Gasteiger partial charge in [0.2, 0.25) is 5.88 Å². The minimum absolute atomic E-state index is 0.164. The van der Waals surface area contributed by atoms with Gasteiger partial charge in [0.1, 0.15) is 18.0 Å². The lowest BCUT2D eigenvalue weighted by molar-refractivity contribution is -0.0821. The molecule has 1 atom stereocenters. The number of methoxy groups -OCH3 is 1. The van der Waals surface area contributed by atoms with Crippen LogP contribution in [-0.4, -0.2) is 45.2 Å². The van der Waals surface area contributed by atoms with Gasteiger partial charge in [-0.3, -0.25) is 4.90 Å². The summed E-state index contributed by atoms with van der Waals surface area (Å²) >= 11 is 0. The summed E-state index contributed by atoms with van der Waals surface area (Å²) in [5, 5.41) is 0. The number of rotatable bonds is 4. The normalized spacial score (nSPS) is 21.4. The fourth-order valence-corrected chi connectivity index (χ4v) is 4.49. The highest BCUT2D eigenvalue weighted by molar-refractivity contribution is 5.60. The van der Waals surface area contributed by atoms with E-state index in [1.807, 2.05) is 12.3 Å². The van der Waals surface area contributed by atoms with Gasteiger partial charge in [0.05, 0.1) is 25.5 Å². The van der Waals surface area contributed by atoms with Crippen LogP contribution in [0.5, 0.6) is 5.88 Å². The van der Waals surface area contributed by atoms with E-state index in [4.69, 9.17) is 9.47 Å². The summed E-state index contributed by atoms with van der Waals surface area (Å²) in [7, 11) is 1.68. The van der Waals surface area contributed by atoms with Crippen LogP contribution < -0.4 is 4.74 Å². The van der Waals surface area contributed by atoms with E-state index in [0.717, 1.165) is 44.0 Å². The van der Waals surface area contributed by atoms with Crippen LogP contribution in [0.4, 0.5) is 0 Å². The van der Waals surface area contributed by atoms with Crippen molar-refractivity contribution in [1.29, 1.82) is 0 Å². The zero-order valence-electron chi connectivity index (χ0n) is 17.0. The van der Waals surface area contributed by atoms with Crippen LogP contribution in [0.15, 0.2) is 48.8 Å². The quantitative estimate of drug-likeness (QED) is 0.683. The Morgan fingerprint density at radius 1 is 1.14 bits per heavy atom. The first kappa shape index (κ1) is 18.3. The standard InChI is InChI=1S/C23H26N4O2/c1-17-5-7-18(8-6-17)20-12-25-21-14-29-23(16-27(20)21)9-11-26(15-23)13-19-4-3-10-24-22(19)28-2/h3-8,10,12H,9,11,13-16H2,1-2H3. The summed E-state index contributed by atoms with van der Waals surface area (Å²) in [5.74, 6) is 1.72. The number of likely N-dealkylation sites (tertiary alicyclic amines) is 1. The number of ether oxygens (including phenoxy) is 2. The van der Waals surface area contributed by atoms with Crippen molar-refractivity contribution >= 4 is 0 Å². The summed E-state index contributed by atoms with van der Waals surface area (Å²) in [6.45, 7) is 6.24. The highest BCUT2D eigenvalue weighted by atomic mass is 16.5. The van der Waals surface area contributed by atoms with Gasteiger partial charge >= 0.3 is 0 Å². The molecule has 4 heterocycles. The largest absolute Gasteiger partial charge is 0.481 e. The Bertz CT molecular complexity index is 1010. The second-order valence-electron chi connectivity index (χ2n) is 8.12. The van der Waals surface area contributed by atoms with Crippen molar-refractivity contribution in [3.63, 3.8) is 0 Å². The van der Waals surface area contributed by atoms with Crippen molar-refractivity contribution in [1.82, 2.24) is 19.4 Å². The summed E-state index contributed by atoms with van der Waals surface area (Å²) in [6.07, 6.45) is 4.77. The highest BCUT2D eigenvalue weighted by Gasteiger charge is 2.43. The number of aromatic nitrogens is 3. The van der Waals surface area contributed by atoms with E-state index >= 15 is 0 Å². The molecular formula is C23H26N4O2. The van der Waals surface area contributed by atoms with Crippen LogP contribution in [-0.2, 0) is 24.4 Å². The van der Waals surface area contributed by atoms with Gasteiger partial charge in [-0.2, -0.15) is 0 Å². The minimum Gasteiger partial charge on any atom is -0.481 e. The molecule has 5 rings (SSSR count). The van der Waals surface area contributed by atoms with Crippen molar-refractivity contribution in [3.05, 3.63) is 65.7 Å². The second kappa shape index (κ2) is 7.28. The molecule has 3 aromatic rings. The molecule has 1 saturated heterocycles. The molecular weight excluding hydrogens is 364 g/mol. The Morgan fingerprint density at radius 2 is 2.00 bits per heavy atom. The predicted molar refractivity (Wildman–Crippen MR) is 111 cm³/mol. The van der Waals surface area contributed by atoms with Gasteiger partial charge in [0.25, 0.3) is 0 Å². The molecule has 2 aliphatic heterocycles. The third-order valence-electron chi connectivity index (χ3n) is 6.07. The van der Waals surface area contributed by atoms with E-state index < -0.39 is 0 Å². The van der Waals surface area contributed by atoms with Crippen molar-refractivity contribution in [2.75, 3.05) is 20.2 Å². The molecule has 0 amide bonds. The number of aryl methyl sites for hydroxylation is 1. The van der Waals surface area contributed by atoms with Gasteiger partial charge in [0.15, 0.2) is 0 Å². The average Bonchev–Trinajstić information content (AvgIpc) is 3.33. The molecule has 0 bridgehead atoms. The third kappa shape index (κ3) is 3.43. The van der Waals surface area contributed by atoms with E-state index in [1.54, 1.807) is 13.3 Å². The van der Waals surface area contributed by atoms with Gasteiger partial charge in [-0.1, -0.05) is 35.9 Å². The zero-order chi connectivity index (χ0) is 19.8. The van der Waals surface area contributed by atoms with Gasteiger partial charge < -0.3 is 14.0 Å². The lowest BCUT2D eigenvalue weighted by atomic mass is 10.0. The predicted octanol–water partition coefficient (Wildman–Crippen LogP) is 3.44. The number of hydrogen-bond acceptors (Lipinski definition) is 5. The average molecular weight is 390 g/mol. The molecule has 29 heavy (non-hydrogen) atoms. The fraction of sp³-hybridized carbons (Fsp3) is 0.391. The molecule has 0 saturated carbocycles. The SMILES string of the molecule is COc1ncccc1CN1CCC2(C1)Cn1c(-c3ccc(C)cc3)cnc1CO2. The summed E-state index contributed by atoms with van der Waals surface area (Å²) in [5.41, 5.74) is 4.61. The summed E-state index contributed by atoms with van der Waals surface area (Å²) in [6, 6.07) is 12.7. The molecule has 1 fully saturated rings. The molecule has 1 spiro atoms. The van der Waals surface area contributed by atoms with Crippen LogP contribution in [0.2, 0.25) is 0 Å². The smallest absolute Gasteiger partial charge is 0.217 e. The van der Waals surface area contributed by atoms with Gasteiger partial charge in [-0.15, -0.1) is 0 Å². The molecule has 6 heteroatoms. The molecule has 2 aromatic heterocycles. The fourth-order valence-electron chi connectivity index (χ4n) is 4.49. The Kier molecular flexibility index (Phi) is 4.60. The monoisotopic (exact) mass is 390 g/mol. The zero-order valence-corrected chi connectivity index (χ0v) is 17.0. The van der Waals surface area contributed by atoms with E-state index in [-0.39, 0.29) is 5.60 Å². The number of pyridine rings is 1. The van der Waals surface area contributed by atoms with Crippen LogP contribution in [0.3, 0.4) is 0 Å². The van der Waals surface area contributed by atoms with Crippen molar-refractivity contribution in [2.45, 2.75) is 38.6 Å². The van der Waals surface area contributed by atoms with E-state index in [9.17, 15) is 0 Å². The maximum absolute atomic E-state index is 6.37. The second-order valence-corrected chi connectivity index (χ2v) is 8.12. The first-order valence-electron chi connectivity index (χ1n) is 10.1. The van der Waals surface area contributed by atoms with Gasteiger partial charge in [-0.05, 0) is 25.0 Å². The van der Waals surface area contributed by atoms with E-state index in [0.29, 0.717) is 12.5 Å². The van der Waals surface area contributed by atoms with Crippen LogP contribution in [0, 0.1) is 6.92 Å². The number of nitrogens with zero attached hydrogens (tertiary/aromatic N) is 4. The molecule has 6 nitrogen and oxygen atoms in total. The number of imidazole rings is 1. The summed E-state index contributed by atoms with van der Waals surface area (Å²) < 4.78 is 14.1. The molecule has 1 aromatic carbocycles. The van der Waals surface area contributed by atoms with E-state index in [2.05, 4.69) is 56.7 Å². The van der Waals surface area contributed by atoms with Crippen molar-refractivity contribution in [3.8, 4) is 17.1 Å². The first-order valence-corrected chi connectivity index (χ1v) is 10.1. The minimum atomic E-state index is -0.164. The number of benzene rings is 1. The van der Waals surface area contributed by atoms with Crippen molar-refractivity contribution < 1.29 is 9.47 Å². The molecule has 1 unspecified atom stereocenters. The van der Waals surface area contributed by atoms with Crippen LogP contribution in [0.1, 0.15) is 23.4 Å². The Hall–Kier alpha value is -2.70. The number of fused-ring (bicyclic) bond motifs is 1. The summed E-state index contributed by atoms with van der Waals surface area (Å²) in [4.78, 5) is 11.4. The molecule has 0 N–H and O–H groups in total. The van der Waals surface area contributed by atoms with Crippen LogP contribution >= 0.6 is 0 Å². The molecule has 0 aliphatic carbocycles. The maximum Gasteiger partial charge on any atom is 0.217 e. The third-order valence-corrected chi connectivity index (χ3v) is 6.07. The molecule has 0 radical (unpaired) electrons. The first-order chi connectivity index (χ1) is 14.2. The van der Waals surface area contributed by atoms with Crippen molar-refractivity contribution in [2.24, 2.45) is 0 Å². The lowest BCUT2D eigenvalue weighted by Crippen LogP contribution is -2.44. The Morgan fingerprint density at radius 3 is 2.83 bits per heavy atom. The highest BCUT2D eigenvalue weighted by Crippen LogP contribution is 2.36. The van der Waals surface area contributed by atoms with Gasteiger partial charge in [-0.25, -0.2) is 9.97 Å². The molecule has 150 valence electrons. The maximum atomic E-state index is 6.37. The Balaban J connectivity index is 1.35. The molecule has 2 aliphatic rings. The Labute approximate surface area is 171 Å². The van der Waals surface area contributed by atoms with Crippen LogP contribution in [0.25, 0.3) is 11.3 Å². The lowest BCUT2D eigenvalue weighted by Gasteiger charge is -2.35. The van der Waals surface area contributed by atoms with E-state index in [1.165, 1.54) is 16.8 Å². The van der Waals surface area contributed by atoms with Gasteiger partial charge in [0, 0.05) is 31.4 Å². The number of hydrogen-bond donors (Lipinski definition) is 0. The topological polar surface area (TPSA) is 52.4 Å².